The molecule has 4 N–H and O–H groups in total. The molecule has 1 aliphatic carbocycles. The zero-order valence-corrected chi connectivity index (χ0v) is 22.2. The Morgan fingerprint density at radius 2 is 2.09 bits per heavy atom. The van der Waals surface area contributed by atoms with Crippen LogP contribution in [0.5, 0.6) is 0 Å². The fourth-order valence-electron chi connectivity index (χ4n) is 4.27. The molecular weight excluding hydrogens is 507 g/mol. The van der Waals surface area contributed by atoms with Gasteiger partial charge in [0.15, 0.2) is 10.8 Å². The van der Waals surface area contributed by atoms with Crippen molar-refractivity contribution in [2.45, 2.75) is 36.7 Å². The maximum atomic E-state index is 12.8. The van der Waals surface area contributed by atoms with Crippen LogP contribution in [0.4, 0.5) is 5.13 Å². The number of rotatable bonds is 6. The number of nitrogens with zero attached hydrogens (tertiary/aromatic N) is 4. The summed E-state index contributed by atoms with van der Waals surface area (Å²) in [6.07, 6.45) is 4.04. The summed E-state index contributed by atoms with van der Waals surface area (Å²) in [6, 6.07) is -0.764. The van der Waals surface area contributed by atoms with Gasteiger partial charge in [-0.15, -0.1) is 23.1 Å². The summed E-state index contributed by atoms with van der Waals surface area (Å²) in [5.41, 5.74) is 5.73. The van der Waals surface area contributed by atoms with Crippen molar-refractivity contribution in [2.75, 3.05) is 18.0 Å². The Bertz CT molecular complexity index is 1210. The normalized spacial score (nSPS) is 25.4. The number of likely N-dealkylation sites (tertiary alicyclic amines) is 1. The molecule has 3 fully saturated rings. The van der Waals surface area contributed by atoms with E-state index in [1.165, 1.54) is 17.1 Å². The van der Waals surface area contributed by atoms with Gasteiger partial charge in [-0.05, 0) is 30.9 Å². The summed E-state index contributed by atoms with van der Waals surface area (Å²) in [5, 5.41) is 27.5. The molecule has 1 aromatic heterocycles. The van der Waals surface area contributed by atoms with Gasteiger partial charge in [-0.25, -0.2) is 4.98 Å². The van der Waals surface area contributed by atoms with E-state index in [0.717, 1.165) is 29.1 Å². The van der Waals surface area contributed by atoms with Crippen LogP contribution in [0, 0.1) is 0 Å². The van der Waals surface area contributed by atoms with Gasteiger partial charge in [0.2, 0.25) is 5.91 Å². The fraction of sp³-hybridized carbons (Fsp3) is 0.400. The quantitative estimate of drug-likeness (QED) is 0.0824. The number of hydrogen-bond donors (Lipinski definition) is 3. The number of carboxylic acid groups (broad SMARTS) is 1. The number of nitrogens with one attached hydrogen (secondary N) is 1. The van der Waals surface area contributed by atoms with Crippen LogP contribution in [0.1, 0.15) is 25.0 Å². The molecule has 0 radical (unpaired) electrons. The first-order valence-corrected chi connectivity index (χ1v) is 12.4. The van der Waals surface area contributed by atoms with Gasteiger partial charge in [0.25, 0.3) is 11.8 Å². The number of anilines is 1. The maximum absolute atomic E-state index is 12.8. The largest absolute Gasteiger partial charge is 1.00 e. The monoisotopic (exact) mass is 526 g/mol. The Kier molecular flexibility index (Phi) is 7.29. The van der Waals surface area contributed by atoms with Crippen molar-refractivity contribution < 1.29 is 59.0 Å². The summed E-state index contributed by atoms with van der Waals surface area (Å²) in [5.74, 6) is -2.91. The average molecular weight is 527 g/mol. The fourth-order valence-corrected chi connectivity index (χ4v) is 6.13. The number of hydrogen-bond acceptors (Lipinski definition) is 11. The zero-order valence-electron chi connectivity index (χ0n) is 18.6. The Balaban J connectivity index is 0.00000289. The number of aromatic nitrogens is 1. The summed E-state index contributed by atoms with van der Waals surface area (Å²) >= 11 is 2.30. The molecule has 1 saturated carbocycles. The number of thioether (sulfide) groups is 1. The SMILES string of the molecule is Nc1nc(/C(=N/O)C(=O)N[C@@H]2C(=O)N3C(C(=O)[O-])=C(/C=C4/CCN(C5CC5)C4=O)CS[C@H]23)cs1.[Na+]. The number of carbonyl (C=O) groups is 4. The van der Waals surface area contributed by atoms with Crippen LogP contribution in [-0.2, 0) is 19.2 Å². The van der Waals surface area contributed by atoms with E-state index < -0.39 is 34.9 Å². The second-order valence-corrected chi connectivity index (χ2v) is 10.2. The number of nitrogens with two attached hydrogens (primary N) is 1. The molecule has 3 amide bonds. The molecule has 178 valence electrons. The molecule has 35 heavy (non-hydrogen) atoms. The maximum Gasteiger partial charge on any atom is 1.00 e. The minimum atomic E-state index is -1.53. The minimum Gasteiger partial charge on any atom is -0.543 e. The molecule has 0 aromatic carbocycles. The summed E-state index contributed by atoms with van der Waals surface area (Å²) in [7, 11) is 0. The molecular formula is C20H19N6NaO6S2. The van der Waals surface area contributed by atoms with Crippen LogP contribution in [-0.4, -0.2) is 79.1 Å². The number of allylic oxidation sites excluding steroid dienone is 1. The first kappa shape index (κ1) is 25.7. The predicted octanol–water partition coefficient (Wildman–Crippen LogP) is -4.37. The van der Waals surface area contributed by atoms with Crippen molar-refractivity contribution in [3.8, 4) is 0 Å². The van der Waals surface area contributed by atoms with E-state index in [9.17, 15) is 29.5 Å². The van der Waals surface area contributed by atoms with Gasteiger partial charge >= 0.3 is 29.6 Å². The number of β-lactam (4-membered cyclic amide) rings is 1. The summed E-state index contributed by atoms with van der Waals surface area (Å²) < 4.78 is 0. The van der Waals surface area contributed by atoms with E-state index in [4.69, 9.17) is 5.73 Å². The molecule has 4 aliphatic rings. The average Bonchev–Trinajstić information content (AvgIpc) is 3.46. The minimum absolute atomic E-state index is 0. The molecule has 15 heteroatoms. The van der Waals surface area contributed by atoms with Crippen molar-refractivity contribution in [1.82, 2.24) is 20.1 Å². The first-order chi connectivity index (χ1) is 16.3. The number of thiazole rings is 1. The molecule has 5 rings (SSSR count). The number of nitrogen functional groups attached to an aromatic ring is 1. The van der Waals surface area contributed by atoms with Gasteiger partial charge in [0.1, 0.15) is 17.1 Å². The van der Waals surface area contributed by atoms with Crippen molar-refractivity contribution in [3.63, 3.8) is 0 Å². The summed E-state index contributed by atoms with van der Waals surface area (Å²) in [4.78, 5) is 56.8. The van der Waals surface area contributed by atoms with Gasteiger partial charge in [-0.1, -0.05) is 5.16 Å². The topological polar surface area (TPSA) is 181 Å². The Morgan fingerprint density at radius 1 is 1.34 bits per heavy atom. The molecule has 2 saturated heterocycles. The number of carboxylic acids is 1. The van der Waals surface area contributed by atoms with Gasteiger partial charge in [0, 0.05) is 29.3 Å². The summed E-state index contributed by atoms with van der Waals surface area (Å²) in [6.45, 7) is 0.606. The second kappa shape index (κ2) is 9.93. The Labute approximate surface area is 229 Å². The molecule has 4 heterocycles. The number of oxime groups is 1. The van der Waals surface area contributed by atoms with Crippen LogP contribution in [0.25, 0.3) is 0 Å². The van der Waals surface area contributed by atoms with E-state index in [1.807, 2.05) is 0 Å². The predicted molar refractivity (Wildman–Crippen MR) is 119 cm³/mol. The first-order valence-electron chi connectivity index (χ1n) is 10.4. The molecule has 2 atom stereocenters. The van der Waals surface area contributed by atoms with E-state index in [-0.39, 0.29) is 63.8 Å². The third-order valence-electron chi connectivity index (χ3n) is 6.05. The second-order valence-electron chi connectivity index (χ2n) is 8.19. The van der Waals surface area contributed by atoms with Gasteiger partial charge < -0.3 is 31.1 Å². The number of fused-ring (bicyclic) bond motifs is 1. The van der Waals surface area contributed by atoms with Crippen molar-refractivity contribution in [3.05, 3.63) is 34.0 Å². The van der Waals surface area contributed by atoms with Gasteiger partial charge in [-0.2, -0.15) is 0 Å². The third kappa shape index (κ3) is 4.60. The smallest absolute Gasteiger partial charge is 0.543 e. The molecule has 0 unspecified atom stereocenters. The third-order valence-corrected chi connectivity index (χ3v) is 8.03. The number of carbonyl (C=O) groups excluding carboxylic acids is 4. The van der Waals surface area contributed by atoms with E-state index in [1.54, 1.807) is 11.0 Å². The molecule has 0 bridgehead atoms. The Morgan fingerprint density at radius 3 is 2.69 bits per heavy atom. The Hall–Kier alpha value is -2.39. The van der Waals surface area contributed by atoms with E-state index >= 15 is 0 Å². The number of amides is 3. The molecule has 12 nitrogen and oxygen atoms in total. The van der Waals surface area contributed by atoms with Crippen molar-refractivity contribution in [2.24, 2.45) is 5.16 Å². The van der Waals surface area contributed by atoms with Crippen LogP contribution < -0.4 is 45.7 Å². The van der Waals surface area contributed by atoms with Crippen LogP contribution in [0.15, 0.2) is 33.5 Å². The standard InChI is InChI=1S/C20H20N6O6S2.Na/c21-20-22-11(7-34-20)12(24-32)15(27)23-13-17(29)26-14(19(30)31)9(6-33-18(13)26)5-8-3-4-25(16(8)28)10-1-2-10;/h5,7,10,13,18,32H,1-4,6H2,(H2,21,22)(H,23,27)(H,30,31);/q;+1/p-1/b8-5-,24-12-;/t13-,18-;/m1./s1. The van der Waals surface area contributed by atoms with Crippen LogP contribution in [0.2, 0.25) is 0 Å². The van der Waals surface area contributed by atoms with Crippen molar-refractivity contribution >= 4 is 57.6 Å². The van der Waals surface area contributed by atoms with Gasteiger partial charge in [0.05, 0.1) is 11.7 Å². The molecule has 3 aliphatic heterocycles. The van der Waals surface area contributed by atoms with E-state index in [0.29, 0.717) is 24.1 Å². The van der Waals surface area contributed by atoms with Crippen molar-refractivity contribution in [1.29, 1.82) is 0 Å². The van der Waals surface area contributed by atoms with Crippen LogP contribution in [0.3, 0.4) is 0 Å². The molecule has 1 aromatic rings. The van der Waals surface area contributed by atoms with Gasteiger partial charge in [-0.3, -0.25) is 19.3 Å². The number of aliphatic carboxylic acids is 1. The van der Waals surface area contributed by atoms with Crippen LogP contribution >= 0.6 is 23.1 Å². The molecule has 0 spiro atoms. The van der Waals surface area contributed by atoms with E-state index in [2.05, 4.69) is 15.5 Å². The zero-order chi connectivity index (χ0) is 24.1.